The molecule has 3 heterocycles. The smallest absolute Gasteiger partial charge is 0.257 e. The monoisotopic (exact) mass is 320 g/mol. The lowest BCUT2D eigenvalue weighted by Gasteiger charge is -2.05. The number of benzene rings is 1. The number of rotatable bonds is 3. The predicted octanol–water partition coefficient (Wildman–Crippen LogP) is 3.94. The van der Waals surface area contributed by atoms with E-state index in [9.17, 15) is 4.79 Å². The molecule has 0 fully saturated rings. The number of carbonyl (C=O) groups is 1. The van der Waals surface area contributed by atoms with Gasteiger partial charge >= 0.3 is 0 Å². The summed E-state index contributed by atoms with van der Waals surface area (Å²) in [6, 6.07) is 13.5. The highest BCUT2D eigenvalue weighted by atomic mass is 32.1. The second-order valence-electron chi connectivity index (χ2n) is 4.97. The Morgan fingerprint density at radius 3 is 2.87 bits per heavy atom. The van der Waals surface area contributed by atoms with Crippen molar-refractivity contribution in [2.75, 3.05) is 5.32 Å². The second-order valence-corrected chi connectivity index (χ2v) is 5.88. The fourth-order valence-electron chi connectivity index (χ4n) is 2.43. The summed E-state index contributed by atoms with van der Waals surface area (Å²) in [7, 11) is 0. The van der Waals surface area contributed by atoms with E-state index in [1.807, 2.05) is 47.8 Å². The molecule has 3 aromatic heterocycles. The predicted molar refractivity (Wildman–Crippen MR) is 91.6 cm³/mol. The minimum atomic E-state index is -0.152. The van der Waals surface area contributed by atoms with Crippen LogP contribution >= 0.6 is 11.3 Å². The Kier molecular flexibility index (Phi) is 3.36. The quantitative estimate of drug-likeness (QED) is 0.600. The maximum atomic E-state index is 12.6. The van der Waals surface area contributed by atoms with Crippen LogP contribution in [0, 0.1) is 0 Å². The zero-order valence-corrected chi connectivity index (χ0v) is 12.8. The number of amides is 1. The van der Waals surface area contributed by atoms with Gasteiger partial charge in [0.1, 0.15) is 5.69 Å². The van der Waals surface area contributed by atoms with Crippen LogP contribution in [0.3, 0.4) is 0 Å². The van der Waals surface area contributed by atoms with Gasteiger partial charge in [-0.05, 0) is 18.2 Å². The number of nitrogens with one attached hydrogen (secondary N) is 2. The van der Waals surface area contributed by atoms with Crippen LogP contribution in [0.2, 0.25) is 0 Å². The average Bonchev–Trinajstić information content (AvgIpc) is 3.22. The molecule has 0 spiro atoms. The zero-order chi connectivity index (χ0) is 15.6. The van der Waals surface area contributed by atoms with Crippen molar-refractivity contribution in [2.24, 2.45) is 0 Å². The first-order valence-electron chi connectivity index (χ1n) is 7.05. The standard InChI is InChI=1S/C17H12N4OS/c22-17(12-10-23-15-7-2-1-5-11(12)15)20-14-9-19-21-16(14)13-6-3-4-8-18-13/h1-10H,(H,19,21)(H,20,22). The Balaban J connectivity index is 1.67. The number of fused-ring (bicyclic) bond motifs is 1. The summed E-state index contributed by atoms with van der Waals surface area (Å²) in [6.45, 7) is 0. The minimum absolute atomic E-state index is 0.152. The number of H-pyrrole nitrogens is 1. The lowest BCUT2D eigenvalue weighted by Crippen LogP contribution is -2.11. The fourth-order valence-corrected chi connectivity index (χ4v) is 3.37. The van der Waals surface area contributed by atoms with Gasteiger partial charge in [-0.2, -0.15) is 5.10 Å². The van der Waals surface area contributed by atoms with Gasteiger partial charge in [0.25, 0.3) is 5.91 Å². The molecule has 1 aromatic carbocycles. The molecule has 6 heteroatoms. The van der Waals surface area contributed by atoms with Gasteiger partial charge < -0.3 is 5.32 Å². The van der Waals surface area contributed by atoms with Crippen LogP contribution in [0.4, 0.5) is 5.69 Å². The molecule has 0 bridgehead atoms. The van der Waals surface area contributed by atoms with Crippen LogP contribution in [0.5, 0.6) is 0 Å². The number of thiophene rings is 1. The Morgan fingerprint density at radius 2 is 2.00 bits per heavy atom. The highest BCUT2D eigenvalue weighted by molar-refractivity contribution is 7.17. The van der Waals surface area contributed by atoms with Crippen molar-refractivity contribution in [1.82, 2.24) is 15.2 Å². The minimum Gasteiger partial charge on any atom is -0.319 e. The molecule has 4 rings (SSSR count). The molecule has 5 nitrogen and oxygen atoms in total. The molecule has 0 atom stereocenters. The van der Waals surface area contributed by atoms with Gasteiger partial charge in [-0.25, -0.2) is 0 Å². The molecule has 0 radical (unpaired) electrons. The maximum absolute atomic E-state index is 12.6. The van der Waals surface area contributed by atoms with E-state index in [2.05, 4.69) is 20.5 Å². The van der Waals surface area contributed by atoms with Gasteiger partial charge in [0, 0.05) is 21.7 Å². The highest BCUT2D eigenvalue weighted by Gasteiger charge is 2.15. The molecule has 0 aliphatic carbocycles. The number of aromatic amines is 1. The van der Waals surface area contributed by atoms with E-state index in [0.717, 1.165) is 15.8 Å². The van der Waals surface area contributed by atoms with Gasteiger partial charge in [-0.3, -0.25) is 14.9 Å². The van der Waals surface area contributed by atoms with Crippen LogP contribution < -0.4 is 5.32 Å². The topological polar surface area (TPSA) is 70.7 Å². The zero-order valence-electron chi connectivity index (χ0n) is 12.0. The molecule has 2 N–H and O–H groups in total. The lowest BCUT2D eigenvalue weighted by atomic mass is 10.1. The van der Waals surface area contributed by atoms with Crippen LogP contribution in [-0.4, -0.2) is 21.1 Å². The first kappa shape index (κ1) is 13.7. The number of hydrogen-bond donors (Lipinski definition) is 2. The highest BCUT2D eigenvalue weighted by Crippen LogP contribution is 2.28. The van der Waals surface area contributed by atoms with Crippen molar-refractivity contribution in [3.05, 3.63) is 65.8 Å². The fraction of sp³-hybridized carbons (Fsp3) is 0. The molecule has 0 aliphatic rings. The molecule has 23 heavy (non-hydrogen) atoms. The number of pyridine rings is 1. The molecule has 1 amide bonds. The van der Waals surface area contributed by atoms with Gasteiger partial charge in [0.2, 0.25) is 0 Å². The van der Waals surface area contributed by atoms with E-state index < -0.39 is 0 Å². The third-order valence-electron chi connectivity index (χ3n) is 3.53. The largest absolute Gasteiger partial charge is 0.319 e. The van der Waals surface area contributed by atoms with Crippen molar-refractivity contribution in [3.8, 4) is 11.4 Å². The molecule has 4 aromatic rings. The number of nitrogens with zero attached hydrogens (tertiary/aromatic N) is 2. The molecule has 0 saturated heterocycles. The third-order valence-corrected chi connectivity index (χ3v) is 4.50. The van der Waals surface area contributed by atoms with Crippen LogP contribution in [0.25, 0.3) is 21.5 Å². The van der Waals surface area contributed by atoms with Crippen molar-refractivity contribution < 1.29 is 4.79 Å². The number of anilines is 1. The Labute approximate surface area is 136 Å². The summed E-state index contributed by atoms with van der Waals surface area (Å²) >= 11 is 1.56. The number of carbonyl (C=O) groups excluding carboxylic acids is 1. The van der Waals surface area contributed by atoms with Gasteiger partial charge in [-0.1, -0.05) is 24.3 Å². The molecular weight excluding hydrogens is 308 g/mol. The summed E-state index contributed by atoms with van der Waals surface area (Å²) in [6.07, 6.45) is 3.30. The number of aromatic nitrogens is 3. The molecule has 0 aliphatic heterocycles. The van der Waals surface area contributed by atoms with Crippen molar-refractivity contribution in [1.29, 1.82) is 0 Å². The van der Waals surface area contributed by atoms with E-state index in [1.165, 1.54) is 0 Å². The van der Waals surface area contributed by atoms with Crippen molar-refractivity contribution in [3.63, 3.8) is 0 Å². The Bertz CT molecular complexity index is 974. The van der Waals surface area contributed by atoms with Gasteiger partial charge in [0.15, 0.2) is 0 Å². The third kappa shape index (κ3) is 2.49. The van der Waals surface area contributed by atoms with E-state index in [0.29, 0.717) is 16.9 Å². The lowest BCUT2D eigenvalue weighted by molar-refractivity contribution is 0.102. The summed E-state index contributed by atoms with van der Waals surface area (Å²) in [4.78, 5) is 16.9. The first-order valence-corrected chi connectivity index (χ1v) is 7.93. The molecular formula is C17H12N4OS. The Hall–Kier alpha value is -2.99. The van der Waals surface area contributed by atoms with Crippen LogP contribution in [0.15, 0.2) is 60.2 Å². The SMILES string of the molecule is O=C(Nc1cn[nH]c1-c1ccccn1)c1csc2ccccc12. The second kappa shape index (κ2) is 5.66. The van der Waals surface area contributed by atoms with Gasteiger partial charge in [-0.15, -0.1) is 11.3 Å². The summed E-state index contributed by atoms with van der Waals surface area (Å²) < 4.78 is 1.09. The average molecular weight is 320 g/mol. The summed E-state index contributed by atoms with van der Waals surface area (Å²) in [5.74, 6) is -0.152. The van der Waals surface area contributed by atoms with E-state index >= 15 is 0 Å². The van der Waals surface area contributed by atoms with Gasteiger partial charge in [0.05, 0.1) is 23.1 Å². The van der Waals surface area contributed by atoms with Crippen molar-refractivity contribution >= 4 is 33.0 Å². The number of hydrogen-bond acceptors (Lipinski definition) is 4. The molecule has 0 saturated carbocycles. The van der Waals surface area contributed by atoms with E-state index in [4.69, 9.17) is 0 Å². The van der Waals surface area contributed by atoms with E-state index in [-0.39, 0.29) is 5.91 Å². The molecule has 112 valence electrons. The van der Waals surface area contributed by atoms with E-state index in [1.54, 1.807) is 23.7 Å². The first-order chi connectivity index (χ1) is 11.3. The summed E-state index contributed by atoms with van der Waals surface area (Å²) in [5.41, 5.74) is 2.71. The molecule has 0 unspecified atom stereocenters. The van der Waals surface area contributed by atoms with Crippen LogP contribution in [-0.2, 0) is 0 Å². The maximum Gasteiger partial charge on any atom is 0.257 e. The normalized spacial score (nSPS) is 10.8. The van der Waals surface area contributed by atoms with Crippen LogP contribution in [0.1, 0.15) is 10.4 Å². The Morgan fingerprint density at radius 1 is 1.13 bits per heavy atom. The summed E-state index contributed by atoms with van der Waals surface area (Å²) in [5, 5.41) is 12.7. The van der Waals surface area contributed by atoms with Crippen molar-refractivity contribution in [2.45, 2.75) is 0 Å².